The summed E-state index contributed by atoms with van der Waals surface area (Å²) in [7, 11) is 0. The fourth-order valence-electron chi connectivity index (χ4n) is 1.36. The van der Waals surface area contributed by atoms with Crippen molar-refractivity contribution in [2.45, 2.75) is 6.18 Å². The van der Waals surface area contributed by atoms with E-state index >= 15 is 0 Å². The van der Waals surface area contributed by atoms with Gasteiger partial charge in [0, 0.05) is 6.07 Å². The van der Waals surface area contributed by atoms with Crippen molar-refractivity contribution in [3.8, 4) is 11.6 Å². The molecule has 0 fully saturated rings. The van der Waals surface area contributed by atoms with Gasteiger partial charge in [-0.3, -0.25) is 5.43 Å². The molecule has 1 heterocycles. The van der Waals surface area contributed by atoms with Crippen LogP contribution < -0.4 is 16.0 Å². The van der Waals surface area contributed by atoms with Gasteiger partial charge in [0.1, 0.15) is 11.6 Å². The average molecular weight is 323 g/mol. The van der Waals surface area contributed by atoms with E-state index in [9.17, 15) is 17.6 Å². The molecular weight excluding hydrogens is 316 g/mol. The van der Waals surface area contributed by atoms with Gasteiger partial charge in [-0.2, -0.15) is 18.2 Å². The highest BCUT2D eigenvalue weighted by atomic mass is 35.5. The fraction of sp³-hybridized carbons (Fsp3) is 0.0909. The van der Waals surface area contributed by atoms with E-state index in [0.717, 1.165) is 18.2 Å². The van der Waals surface area contributed by atoms with Gasteiger partial charge in [0.15, 0.2) is 5.69 Å². The monoisotopic (exact) mass is 322 g/mol. The minimum absolute atomic E-state index is 0.0622. The molecule has 0 saturated heterocycles. The summed E-state index contributed by atoms with van der Waals surface area (Å²) in [6, 6.07) is 3.71. The highest BCUT2D eigenvalue weighted by molar-refractivity contribution is 6.32. The van der Waals surface area contributed by atoms with E-state index in [1.54, 1.807) is 0 Å². The zero-order valence-electron chi connectivity index (χ0n) is 10.1. The summed E-state index contributed by atoms with van der Waals surface area (Å²) < 4.78 is 56.0. The van der Waals surface area contributed by atoms with Crippen molar-refractivity contribution < 1.29 is 22.3 Å². The van der Waals surface area contributed by atoms with Gasteiger partial charge < -0.3 is 4.74 Å². The maximum atomic E-state index is 12.9. The third kappa shape index (κ3) is 3.70. The molecule has 0 aliphatic carbocycles. The van der Waals surface area contributed by atoms with Gasteiger partial charge in [-0.15, -0.1) is 0 Å². The van der Waals surface area contributed by atoms with Gasteiger partial charge in [-0.25, -0.2) is 15.2 Å². The molecule has 5 nitrogen and oxygen atoms in total. The van der Waals surface area contributed by atoms with Crippen LogP contribution >= 0.6 is 11.6 Å². The van der Waals surface area contributed by atoms with Crippen LogP contribution in [0.3, 0.4) is 0 Å². The SMILES string of the molecule is NNc1nc(Oc2ccc(F)cc2Cl)cc(C(F)(F)F)n1. The molecule has 21 heavy (non-hydrogen) atoms. The first-order chi connectivity index (χ1) is 9.79. The van der Waals surface area contributed by atoms with E-state index in [4.69, 9.17) is 22.2 Å². The number of rotatable bonds is 3. The second-order valence-corrected chi connectivity index (χ2v) is 4.14. The van der Waals surface area contributed by atoms with Gasteiger partial charge in [0.25, 0.3) is 0 Å². The van der Waals surface area contributed by atoms with Gasteiger partial charge in [-0.05, 0) is 18.2 Å². The Kier molecular flexibility index (Phi) is 4.14. The number of anilines is 1. The van der Waals surface area contributed by atoms with Crippen LogP contribution in [0, 0.1) is 5.82 Å². The van der Waals surface area contributed by atoms with Crippen LogP contribution in [0.5, 0.6) is 11.6 Å². The number of hydrazine groups is 1. The number of hydrogen-bond acceptors (Lipinski definition) is 5. The second-order valence-electron chi connectivity index (χ2n) is 3.73. The standard InChI is InChI=1S/C11H7ClF4N4O/c12-6-3-5(13)1-2-7(6)21-9-4-8(11(14,15)16)18-10(19-9)20-17/h1-4H,17H2,(H,18,19,20). The van der Waals surface area contributed by atoms with Crippen LogP contribution in [0.2, 0.25) is 5.02 Å². The number of nitrogen functional groups attached to an aromatic ring is 1. The quantitative estimate of drug-likeness (QED) is 0.515. The first kappa shape index (κ1) is 15.3. The number of nitrogens with one attached hydrogen (secondary N) is 1. The Hall–Kier alpha value is -2.13. The maximum absolute atomic E-state index is 12.9. The lowest BCUT2D eigenvalue weighted by Gasteiger charge is -2.11. The van der Waals surface area contributed by atoms with Gasteiger partial charge in [0.2, 0.25) is 11.8 Å². The van der Waals surface area contributed by atoms with Crippen LogP contribution in [-0.2, 0) is 6.18 Å². The summed E-state index contributed by atoms with van der Waals surface area (Å²) in [5.41, 5.74) is 0.643. The van der Waals surface area contributed by atoms with Gasteiger partial charge >= 0.3 is 6.18 Å². The molecule has 0 aliphatic rings. The lowest BCUT2D eigenvalue weighted by Crippen LogP contribution is -2.15. The number of alkyl halides is 3. The molecule has 0 bridgehead atoms. The van der Waals surface area contributed by atoms with Gasteiger partial charge in [0.05, 0.1) is 5.02 Å². The van der Waals surface area contributed by atoms with Crippen molar-refractivity contribution in [2.75, 3.05) is 5.43 Å². The third-order valence-electron chi connectivity index (χ3n) is 2.23. The summed E-state index contributed by atoms with van der Waals surface area (Å²) in [4.78, 5) is 6.76. The summed E-state index contributed by atoms with van der Waals surface area (Å²) in [5, 5.41) is -0.121. The molecule has 0 saturated carbocycles. The molecule has 1 aromatic heterocycles. The van der Waals surface area contributed by atoms with E-state index < -0.39 is 29.5 Å². The molecule has 3 N–H and O–H groups in total. The van der Waals surface area contributed by atoms with Crippen molar-refractivity contribution >= 4 is 17.5 Å². The summed E-state index contributed by atoms with van der Waals surface area (Å²) in [6.07, 6.45) is -4.71. The lowest BCUT2D eigenvalue weighted by molar-refractivity contribution is -0.141. The van der Waals surface area contributed by atoms with Crippen molar-refractivity contribution in [1.82, 2.24) is 9.97 Å². The molecule has 0 spiro atoms. The Morgan fingerprint density at radius 2 is 1.90 bits per heavy atom. The molecule has 0 aliphatic heterocycles. The predicted octanol–water partition coefficient (Wildman–Crippen LogP) is 3.37. The number of nitrogens with zero attached hydrogens (tertiary/aromatic N) is 2. The molecular formula is C11H7ClF4N4O. The fourth-order valence-corrected chi connectivity index (χ4v) is 1.56. The van der Waals surface area contributed by atoms with Crippen LogP contribution in [0.4, 0.5) is 23.5 Å². The van der Waals surface area contributed by atoms with Crippen LogP contribution in [0.15, 0.2) is 24.3 Å². The van der Waals surface area contributed by atoms with E-state index in [0.29, 0.717) is 6.07 Å². The van der Waals surface area contributed by atoms with Crippen molar-refractivity contribution in [3.63, 3.8) is 0 Å². The average Bonchev–Trinajstić information content (AvgIpc) is 2.40. The largest absolute Gasteiger partial charge is 0.437 e. The minimum Gasteiger partial charge on any atom is -0.437 e. The summed E-state index contributed by atoms with van der Waals surface area (Å²) >= 11 is 5.71. The predicted molar refractivity (Wildman–Crippen MR) is 66.3 cm³/mol. The van der Waals surface area contributed by atoms with E-state index in [2.05, 4.69) is 9.97 Å². The number of benzene rings is 1. The Morgan fingerprint density at radius 3 is 2.48 bits per heavy atom. The Labute approximate surface area is 120 Å². The molecule has 0 atom stereocenters. The first-order valence-electron chi connectivity index (χ1n) is 5.35. The Morgan fingerprint density at radius 1 is 1.19 bits per heavy atom. The van der Waals surface area contributed by atoms with Gasteiger partial charge in [-0.1, -0.05) is 11.6 Å². The lowest BCUT2D eigenvalue weighted by atomic mass is 10.3. The molecule has 0 amide bonds. The molecule has 0 unspecified atom stereocenters. The number of hydrogen-bond donors (Lipinski definition) is 2. The molecule has 2 aromatic rings. The van der Waals surface area contributed by atoms with Crippen LogP contribution in [-0.4, -0.2) is 9.97 Å². The van der Waals surface area contributed by atoms with Crippen molar-refractivity contribution in [1.29, 1.82) is 0 Å². The smallest absolute Gasteiger partial charge is 0.433 e. The molecule has 0 radical (unpaired) electrons. The molecule has 112 valence electrons. The number of nitrogens with two attached hydrogens (primary N) is 1. The van der Waals surface area contributed by atoms with E-state index in [1.807, 2.05) is 5.43 Å². The van der Waals surface area contributed by atoms with Crippen LogP contribution in [0.25, 0.3) is 0 Å². The Balaban J connectivity index is 2.39. The van der Waals surface area contributed by atoms with Crippen molar-refractivity contribution in [3.05, 3.63) is 40.8 Å². The van der Waals surface area contributed by atoms with E-state index in [1.165, 1.54) is 0 Å². The minimum atomic E-state index is -4.71. The molecule has 1 aromatic carbocycles. The highest BCUT2D eigenvalue weighted by Crippen LogP contribution is 2.33. The van der Waals surface area contributed by atoms with Crippen LogP contribution in [0.1, 0.15) is 5.69 Å². The third-order valence-corrected chi connectivity index (χ3v) is 2.53. The Bertz CT molecular complexity index is 665. The topological polar surface area (TPSA) is 73.1 Å². The molecule has 10 heteroatoms. The summed E-state index contributed by atoms with van der Waals surface area (Å²) in [5.74, 6) is 3.39. The second kappa shape index (κ2) is 5.70. The number of aromatic nitrogens is 2. The number of halogens is 5. The number of ether oxygens (including phenoxy) is 1. The van der Waals surface area contributed by atoms with E-state index in [-0.39, 0.29) is 10.8 Å². The van der Waals surface area contributed by atoms with Crippen molar-refractivity contribution in [2.24, 2.45) is 5.84 Å². The first-order valence-corrected chi connectivity index (χ1v) is 5.73. The zero-order valence-corrected chi connectivity index (χ0v) is 10.8. The zero-order chi connectivity index (χ0) is 15.6. The summed E-state index contributed by atoms with van der Waals surface area (Å²) in [6.45, 7) is 0. The normalized spacial score (nSPS) is 11.3. The maximum Gasteiger partial charge on any atom is 0.433 e. The molecule has 2 rings (SSSR count). The highest BCUT2D eigenvalue weighted by Gasteiger charge is 2.34.